The fourth-order valence-electron chi connectivity index (χ4n) is 0.615. The van der Waals surface area contributed by atoms with Crippen LogP contribution in [-0.2, 0) is 0 Å². The van der Waals surface area contributed by atoms with Gasteiger partial charge in [0.05, 0.1) is 0 Å². The molecule has 0 aromatic carbocycles. The molecule has 0 radical (unpaired) electrons. The van der Waals surface area contributed by atoms with Gasteiger partial charge in [-0.2, -0.15) is 0 Å². The van der Waals surface area contributed by atoms with E-state index in [-0.39, 0.29) is 5.88 Å². The van der Waals surface area contributed by atoms with E-state index < -0.39 is 0 Å². The topological polar surface area (TPSA) is 58.3 Å². The summed E-state index contributed by atoms with van der Waals surface area (Å²) in [7, 11) is 0. The van der Waals surface area contributed by atoms with E-state index in [0.717, 1.165) is 0 Å². The highest BCUT2D eigenvalue weighted by Crippen LogP contribution is 2.08. The molecule has 0 unspecified atom stereocenters. The first kappa shape index (κ1) is 5.91. The molecule has 0 aromatic rings. The van der Waals surface area contributed by atoms with E-state index in [4.69, 9.17) is 10.9 Å². The van der Waals surface area contributed by atoms with Crippen molar-refractivity contribution >= 4 is 0 Å². The van der Waals surface area contributed by atoms with E-state index in [1.54, 1.807) is 12.2 Å². The van der Waals surface area contributed by atoms with Crippen molar-refractivity contribution < 1.29 is 5.11 Å². The first-order valence-electron chi connectivity index (χ1n) is 2.59. The smallest absolute Gasteiger partial charge is 0.206 e. The van der Waals surface area contributed by atoms with Gasteiger partial charge in [0.15, 0.2) is 0 Å². The highest BCUT2D eigenvalue weighted by molar-refractivity contribution is 5.40. The summed E-state index contributed by atoms with van der Waals surface area (Å²) in [5.41, 5.74) is 2.85. The van der Waals surface area contributed by atoms with Crippen molar-refractivity contribution in [3.05, 3.63) is 35.8 Å². The van der Waals surface area contributed by atoms with Gasteiger partial charge in [0.2, 0.25) is 5.88 Å². The van der Waals surface area contributed by atoms with Gasteiger partial charge in [-0.25, -0.2) is 5.84 Å². The highest BCUT2D eigenvalue weighted by atomic mass is 16.3. The van der Waals surface area contributed by atoms with Gasteiger partial charge in [-0.05, 0) is 12.2 Å². The van der Waals surface area contributed by atoms with Crippen LogP contribution in [0.1, 0.15) is 0 Å². The quantitative estimate of drug-likeness (QED) is 0.268. The number of rotatable bonds is 1. The molecule has 0 amide bonds. The van der Waals surface area contributed by atoms with Crippen molar-refractivity contribution in [3.63, 3.8) is 0 Å². The molecule has 0 saturated carbocycles. The lowest BCUT2D eigenvalue weighted by Gasteiger charge is -1.97. The second kappa shape index (κ2) is 2.37. The van der Waals surface area contributed by atoms with E-state index in [0.29, 0.717) is 5.57 Å². The van der Waals surface area contributed by atoms with Crippen LogP contribution in [0.15, 0.2) is 35.8 Å². The normalized spacial score (nSPS) is 14.6. The fourth-order valence-corrected chi connectivity index (χ4v) is 0.615. The van der Waals surface area contributed by atoms with Crippen LogP contribution in [0, 0.1) is 0 Å². The number of hydrogen-bond donors (Lipinski definition) is 3. The van der Waals surface area contributed by atoms with Gasteiger partial charge >= 0.3 is 0 Å². The molecule has 0 aromatic heterocycles. The Balaban J connectivity index is 2.81. The molecule has 0 atom stereocenters. The molecular formula is C6H8N2O. The standard InChI is InChI=1S/C6H8N2O/c7-8-6(9)5-3-1-2-4-5/h1-4,8-9H,7H2. The van der Waals surface area contributed by atoms with Crippen LogP contribution in [0.3, 0.4) is 0 Å². The van der Waals surface area contributed by atoms with Crippen molar-refractivity contribution in [2.75, 3.05) is 0 Å². The number of aliphatic hydroxyl groups excluding tert-OH is 1. The highest BCUT2D eigenvalue weighted by Gasteiger charge is 1.97. The summed E-state index contributed by atoms with van der Waals surface area (Å²) in [6, 6.07) is 0. The molecule has 1 aliphatic rings. The van der Waals surface area contributed by atoms with E-state index in [9.17, 15) is 0 Å². The Labute approximate surface area is 53.1 Å². The minimum atomic E-state index is 0.000000000000000444. The Bertz CT molecular complexity index is 177. The third-order valence-electron chi connectivity index (χ3n) is 1.07. The molecule has 0 heterocycles. The SMILES string of the molecule is NNC(O)=C1C=CC=C1. The van der Waals surface area contributed by atoms with Crippen LogP contribution in [0.25, 0.3) is 0 Å². The average molecular weight is 124 g/mol. The number of nitrogens with two attached hydrogens (primary N) is 1. The number of hydrazine groups is 1. The molecule has 0 spiro atoms. The first-order valence-corrected chi connectivity index (χ1v) is 2.59. The summed E-state index contributed by atoms with van der Waals surface area (Å²) in [4.78, 5) is 0. The van der Waals surface area contributed by atoms with Crippen molar-refractivity contribution in [1.29, 1.82) is 0 Å². The monoisotopic (exact) mass is 124 g/mol. The summed E-state index contributed by atoms with van der Waals surface area (Å²) < 4.78 is 0. The zero-order valence-corrected chi connectivity index (χ0v) is 4.83. The second-order valence-corrected chi connectivity index (χ2v) is 1.67. The van der Waals surface area contributed by atoms with Crippen LogP contribution < -0.4 is 11.3 Å². The summed E-state index contributed by atoms with van der Waals surface area (Å²) in [5, 5.41) is 8.90. The minimum Gasteiger partial charge on any atom is -0.494 e. The first-order chi connectivity index (χ1) is 4.34. The largest absolute Gasteiger partial charge is 0.494 e. The average Bonchev–Trinajstić information content (AvgIpc) is 2.37. The summed E-state index contributed by atoms with van der Waals surface area (Å²) in [6.07, 6.45) is 7.16. The fraction of sp³-hybridized carbons (Fsp3) is 0. The predicted octanol–water partition coefficient (Wildman–Crippen LogP) is 0.345. The molecule has 9 heavy (non-hydrogen) atoms. The van der Waals surface area contributed by atoms with Gasteiger partial charge in [-0.1, -0.05) is 12.2 Å². The van der Waals surface area contributed by atoms with Crippen molar-refractivity contribution in [2.24, 2.45) is 5.84 Å². The maximum atomic E-state index is 8.90. The minimum absolute atomic E-state index is 0.000000000000000444. The molecule has 48 valence electrons. The number of allylic oxidation sites excluding steroid dienone is 5. The van der Waals surface area contributed by atoms with Gasteiger partial charge in [0, 0.05) is 5.57 Å². The molecule has 1 rings (SSSR count). The molecule has 3 heteroatoms. The second-order valence-electron chi connectivity index (χ2n) is 1.67. The lowest BCUT2D eigenvalue weighted by atomic mass is 10.3. The van der Waals surface area contributed by atoms with Gasteiger partial charge in [0.1, 0.15) is 0 Å². The van der Waals surface area contributed by atoms with Crippen molar-refractivity contribution in [3.8, 4) is 0 Å². The summed E-state index contributed by atoms with van der Waals surface area (Å²) >= 11 is 0. The van der Waals surface area contributed by atoms with E-state index >= 15 is 0 Å². The number of nitrogens with one attached hydrogen (secondary N) is 1. The van der Waals surface area contributed by atoms with Crippen molar-refractivity contribution in [1.82, 2.24) is 5.43 Å². The zero-order valence-electron chi connectivity index (χ0n) is 4.83. The van der Waals surface area contributed by atoms with Gasteiger partial charge in [-0.3, -0.25) is 5.43 Å². The molecule has 3 nitrogen and oxygen atoms in total. The Morgan fingerprint density at radius 1 is 1.44 bits per heavy atom. The maximum Gasteiger partial charge on any atom is 0.206 e. The lowest BCUT2D eigenvalue weighted by Crippen LogP contribution is -2.21. The van der Waals surface area contributed by atoms with Crippen LogP contribution in [0.2, 0.25) is 0 Å². The summed E-state index contributed by atoms with van der Waals surface area (Å²) in [5.74, 6) is 4.93. The zero-order chi connectivity index (χ0) is 6.69. The van der Waals surface area contributed by atoms with Crippen LogP contribution >= 0.6 is 0 Å². The van der Waals surface area contributed by atoms with Crippen LogP contribution in [-0.4, -0.2) is 5.11 Å². The third kappa shape index (κ3) is 1.12. The van der Waals surface area contributed by atoms with Gasteiger partial charge in [-0.15, -0.1) is 0 Å². The molecule has 0 bridgehead atoms. The number of aliphatic hydroxyl groups is 1. The third-order valence-corrected chi connectivity index (χ3v) is 1.07. The Morgan fingerprint density at radius 2 is 2.00 bits per heavy atom. The predicted molar refractivity (Wildman–Crippen MR) is 35.3 cm³/mol. The maximum absolute atomic E-state index is 8.90. The van der Waals surface area contributed by atoms with Crippen molar-refractivity contribution in [2.45, 2.75) is 0 Å². The Hall–Kier alpha value is -1.22. The lowest BCUT2D eigenvalue weighted by molar-refractivity contribution is 0.363. The molecular weight excluding hydrogens is 116 g/mol. The van der Waals surface area contributed by atoms with Gasteiger partial charge < -0.3 is 5.11 Å². The molecule has 0 saturated heterocycles. The molecule has 1 aliphatic carbocycles. The molecule has 4 N–H and O–H groups in total. The molecule has 0 aliphatic heterocycles. The van der Waals surface area contributed by atoms with E-state index in [1.807, 2.05) is 12.2 Å². The molecule has 0 fully saturated rings. The van der Waals surface area contributed by atoms with Gasteiger partial charge in [0.25, 0.3) is 0 Å². The summed E-state index contributed by atoms with van der Waals surface area (Å²) in [6.45, 7) is 0. The van der Waals surface area contributed by atoms with E-state index in [1.165, 1.54) is 0 Å². The number of hydrogen-bond acceptors (Lipinski definition) is 3. The van der Waals surface area contributed by atoms with Crippen LogP contribution in [0.4, 0.5) is 0 Å². The Kier molecular flexibility index (Phi) is 1.55. The Morgan fingerprint density at radius 3 is 2.44 bits per heavy atom. The van der Waals surface area contributed by atoms with E-state index in [2.05, 4.69) is 5.43 Å². The van der Waals surface area contributed by atoms with Crippen LogP contribution in [0.5, 0.6) is 0 Å².